The maximum atomic E-state index is 13.9. The van der Waals surface area contributed by atoms with Crippen LogP contribution < -0.4 is 19.1 Å². The first-order valence-electron chi connectivity index (χ1n) is 13.4. The lowest BCUT2D eigenvalue weighted by Gasteiger charge is -2.31. The highest BCUT2D eigenvalue weighted by Gasteiger charge is 2.31. The lowest BCUT2D eigenvalue weighted by molar-refractivity contribution is -0.114. The van der Waals surface area contributed by atoms with Crippen molar-refractivity contribution in [1.29, 1.82) is 0 Å². The Morgan fingerprint density at radius 3 is 2.17 bits per heavy atom. The highest BCUT2D eigenvalue weighted by Crippen LogP contribution is 2.32. The number of piperazine rings is 1. The Balaban J connectivity index is 1.58. The number of benzene rings is 3. The molecule has 42 heavy (non-hydrogen) atoms. The number of hydrogen-bond acceptors (Lipinski definition) is 8. The van der Waals surface area contributed by atoms with E-state index in [1.807, 2.05) is 14.0 Å². The third-order valence-electron chi connectivity index (χ3n) is 6.85. The summed E-state index contributed by atoms with van der Waals surface area (Å²) >= 11 is 0. The molecule has 11 nitrogen and oxygen atoms in total. The number of amides is 1. The molecule has 0 unspecified atom stereocenters. The summed E-state index contributed by atoms with van der Waals surface area (Å²) in [5, 5.41) is 2.69. The number of ether oxygens (including phenoxy) is 2. The summed E-state index contributed by atoms with van der Waals surface area (Å²) in [5.74, 6) is 0.0886. The fraction of sp³-hybridized carbons (Fsp3) is 0.345. The molecule has 0 aromatic heterocycles. The van der Waals surface area contributed by atoms with Crippen LogP contribution in [-0.4, -0.2) is 85.4 Å². The van der Waals surface area contributed by atoms with Gasteiger partial charge in [-0.2, -0.15) is 4.31 Å². The van der Waals surface area contributed by atoms with E-state index in [2.05, 4.69) is 10.2 Å². The van der Waals surface area contributed by atoms with Gasteiger partial charge in [0.15, 0.2) is 0 Å². The number of anilines is 2. The van der Waals surface area contributed by atoms with Crippen LogP contribution in [0.5, 0.6) is 11.5 Å². The van der Waals surface area contributed by atoms with Crippen LogP contribution in [-0.2, 0) is 24.8 Å². The molecule has 4 rings (SSSR count). The number of likely N-dealkylation sites (N-methyl/N-ethyl adjacent to an activating group) is 1. The molecule has 3 aromatic rings. The van der Waals surface area contributed by atoms with Crippen molar-refractivity contribution in [3.63, 3.8) is 0 Å². The first kappa shape index (κ1) is 31.3. The lowest BCUT2D eigenvalue weighted by Crippen LogP contribution is -2.46. The fourth-order valence-corrected chi connectivity index (χ4v) is 7.60. The Bertz CT molecular complexity index is 1600. The summed E-state index contributed by atoms with van der Waals surface area (Å²) in [7, 11) is -4.60. The summed E-state index contributed by atoms with van der Waals surface area (Å²) < 4.78 is 67.2. The monoisotopic (exact) mass is 616 g/mol. The van der Waals surface area contributed by atoms with Gasteiger partial charge in [0, 0.05) is 31.9 Å². The largest absolute Gasteiger partial charge is 0.495 e. The van der Waals surface area contributed by atoms with Gasteiger partial charge in [0.25, 0.3) is 10.0 Å². The van der Waals surface area contributed by atoms with Crippen molar-refractivity contribution in [2.45, 2.75) is 23.6 Å². The van der Waals surface area contributed by atoms with Gasteiger partial charge < -0.3 is 19.7 Å². The number of carbonyl (C=O) groups is 1. The number of aryl methyl sites for hydroxylation is 1. The molecule has 1 aliphatic heterocycles. The minimum Gasteiger partial charge on any atom is -0.495 e. The zero-order chi connectivity index (χ0) is 30.5. The third kappa shape index (κ3) is 7.04. The predicted molar refractivity (Wildman–Crippen MR) is 161 cm³/mol. The number of carbonyl (C=O) groups excluding carboxylic acids is 1. The molecule has 0 aliphatic carbocycles. The van der Waals surface area contributed by atoms with Crippen molar-refractivity contribution < 1.29 is 31.1 Å². The van der Waals surface area contributed by atoms with Crippen molar-refractivity contribution in [2.24, 2.45) is 0 Å². The van der Waals surface area contributed by atoms with Crippen LogP contribution in [0.2, 0.25) is 0 Å². The second-order valence-corrected chi connectivity index (χ2v) is 13.6. The number of nitrogens with zero attached hydrogens (tertiary/aromatic N) is 3. The Labute approximate surface area is 247 Å². The Morgan fingerprint density at radius 2 is 1.57 bits per heavy atom. The summed E-state index contributed by atoms with van der Waals surface area (Å²) in [4.78, 5) is 15.3. The van der Waals surface area contributed by atoms with Crippen LogP contribution in [0.1, 0.15) is 12.5 Å². The van der Waals surface area contributed by atoms with Crippen LogP contribution >= 0.6 is 0 Å². The van der Waals surface area contributed by atoms with Crippen LogP contribution in [0.15, 0.2) is 76.5 Å². The highest BCUT2D eigenvalue weighted by molar-refractivity contribution is 7.93. The van der Waals surface area contributed by atoms with Crippen molar-refractivity contribution >= 4 is 37.3 Å². The molecule has 1 amide bonds. The van der Waals surface area contributed by atoms with Gasteiger partial charge in [-0.1, -0.05) is 6.07 Å². The van der Waals surface area contributed by atoms with Crippen LogP contribution in [0, 0.1) is 6.92 Å². The van der Waals surface area contributed by atoms with Crippen LogP contribution in [0.4, 0.5) is 11.4 Å². The van der Waals surface area contributed by atoms with Crippen molar-refractivity contribution in [3.8, 4) is 11.5 Å². The Hall–Kier alpha value is -3.65. The normalized spacial score (nSPS) is 14.8. The standard InChI is InChI=1S/C29H36N4O7S2/c1-5-40-25-11-9-24(10-12-25)33(42(37,38)28-20-22(2)6-15-27(28)39-4)21-29(34)30-23-7-13-26(14-8-23)41(35,36)32-18-16-31(3)17-19-32/h6-15,20H,5,16-19,21H2,1-4H3,(H,30,34). The average Bonchev–Trinajstić information content (AvgIpc) is 2.97. The molecule has 1 fully saturated rings. The number of methoxy groups -OCH3 is 1. The molecule has 0 saturated carbocycles. The molecule has 1 aliphatic rings. The van der Waals surface area contributed by atoms with Gasteiger partial charge in [-0.3, -0.25) is 9.10 Å². The summed E-state index contributed by atoms with van der Waals surface area (Å²) in [5.41, 5.74) is 1.29. The molecule has 1 saturated heterocycles. The predicted octanol–water partition coefficient (Wildman–Crippen LogP) is 3.17. The van der Waals surface area contributed by atoms with Gasteiger partial charge in [-0.05, 0) is 87.1 Å². The highest BCUT2D eigenvalue weighted by atomic mass is 32.2. The molecule has 0 spiro atoms. The summed E-state index contributed by atoms with van der Waals surface area (Å²) in [6.07, 6.45) is 0. The zero-order valence-electron chi connectivity index (χ0n) is 24.1. The van der Waals surface area contributed by atoms with Crippen molar-refractivity contribution in [2.75, 3.05) is 63.1 Å². The molecule has 0 radical (unpaired) electrons. The van der Waals surface area contributed by atoms with Gasteiger partial charge >= 0.3 is 0 Å². The molecular formula is C29H36N4O7S2. The van der Waals surface area contributed by atoms with Gasteiger partial charge in [0.1, 0.15) is 22.9 Å². The average molecular weight is 617 g/mol. The van der Waals surface area contributed by atoms with E-state index in [4.69, 9.17) is 9.47 Å². The first-order valence-corrected chi connectivity index (χ1v) is 16.3. The molecule has 1 heterocycles. The van der Waals surface area contributed by atoms with Gasteiger partial charge in [0.2, 0.25) is 15.9 Å². The third-order valence-corrected chi connectivity index (χ3v) is 10.6. The van der Waals surface area contributed by atoms with Crippen molar-refractivity contribution in [1.82, 2.24) is 9.21 Å². The van der Waals surface area contributed by atoms with Crippen LogP contribution in [0.25, 0.3) is 0 Å². The number of rotatable bonds is 11. The van der Waals surface area contributed by atoms with Gasteiger partial charge in [0.05, 0.1) is 24.3 Å². The fourth-order valence-electron chi connectivity index (χ4n) is 4.51. The van der Waals surface area contributed by atoms with E-state index in [9.17, 15) is 21.6 Å². The van der Waals surface area contributed by atoms with E-state index in [-0.39, 0.29) is 21.2 Å². The summed E-state index contributed by atoms with van der Waals surface area (Å²) in [6, 6.07) is 17.0. The SMILES string of the molecule is CCOc1ccc(N(CC(=O)Nc2ccc(S(=O)(=O)N3CCN(C)CC3)cc2)S(=O)(=O)c2cc(C)ccc2OC)cc1. The second kappa shape index (κ2) is 13.1. The molecule has 0 atom stereocenters. The maximum absolute atomic E-state index is 13.9. The molecule has 226 valence electrons. The molecule has 0 bridgehead atoms. The van der Waals surface area contributed by atoms with Crippen LogP contribution in [0.3, 0.4) is 0 Å². The first-order chi connectivity index (χ1) is 19.9. The minimum absolute atomic E-state index is 0.0786. The van der Waals surface area contributed by atoms with E-state index >= 15 is 0 Å². The second-order valence-electron chi connectivity index (χ2n) is 9.87. The van der Waals surface area contributed by atoms with E-state index in [0.717, 1.165) is 4.31 Å². The van der Waals surface area contributed by atoms with Crippen molar-refractivity contribution in [3.05, 3.63) is 72.3 Å². The molecule has 1 N–H and O–H groups in total. The number of nitrogens with one attached hydrogen (secondary N) is 1. The van der Waals surface area contributed by atoms with E-state index in [0.29, 0.717) is 49.8 Å². The smallest absolute Gasteiger partial charge is 0.268 e. The minimum atomic E-state index is -4.26. The lowest BCUT2D eigenvalue weighted by atomic mass is 10.2. The number of sulfonamides is 2. The van der Waals surface area contributed by atoms with E-state index in [1.165, 1.54) is 41.7 Å². The quantitative estimate of drug-likeness (QED) is 0.348. The summed E-state index contributed by atoms with van der Waals surface area (Å²) in [6.45, 7) is 5.60. The topological polar surface area (TPSA) is 126 Å². The Kier molecular flexibility index (Phi) is 9.77. The Morgan fingerprint density at radius 1 is 0.929 bits per heavy atom. The molecule has 3 aromatic carbocycles. The van der Waals surface area contributed by atoms with E-state index in [1.54, 1.807) is 43.3 Å². The molecule has 13 heteroatoms. The van der Waals surface area contributed by atoms with Gasteiger partial charge in [-0.15, -0.1) is 0 Å². The zero-order valence-corrected chi connectivity index (χ0v) is 25.7. The number of hydrogen-bond donors (Lipinski definition) is 1. The molecular weight excluding hydrogens is 580 g/mol. The maximum Gasteiger partial charge on any atom is 0.268 e. The van der Waals surface area contributed by atoms with E-state index < -0.39 is 32.5 Å². The van der Waals surface area contributed by atoms with Gasteiger partial charge in [-0.25, -0.2) is 16.8 Å².